The van der Waals surface area contributed by atoms with Crippen molar-refractivity contribution in [3.63, 3.8) is 0 Å². The van der Waals surface area contributed by atoms with Gasteiger partial charge in [-0.05, 0) is 12.8 Å². The zero-order valence-corrected chi connectivity index (χ0v) is 17.3. The van der Waals surface area contributed by atoms with Crippen molar-refractivity contribution in [3.8, 4) is 0 Å². The number of rotatable bonds is 2. The van der Waals surface area contributed by atoms with Gasteiger partial charge in [0.25, 0.3) is 0 Å². The lowest BCUT2D eigenvalue weighted by Gasteiger charge is -2.26. The summed E-state index contributed by atoms with van der Waals surface area (Å²) < 4.78 is 2.99. The van der Waals surface area contributed by atoms with E-state index in [-0.39, 0.29) is 23.5 Å². The highest BCUT2D eigenvalue weighted by atomic mass is 16.8. The minimum atomic E-state index is -1.78. The van der Waals surface area contributed by atoms with Crippen molar-refractivity contribution >= 4 is 35.5 Å². The topological polar surface area (TPSA) is 214 Å². The van der Waals surface area contributed by atoms with E-state index in [4.69, 9.17) is 16.9 Å². The zero-order valence-electron chi connectivity index (χ0n) is 17.3. The molecule has 170 valence electrons. The van der Waals surface area contributed by atoms with E-state index in [2.05, 4.69) is 15.0 Å². The highest BCUT2D eigenvalue weighted by Gasteiger charge is 2.31. The number of nitrogens with two attached hydrogens (primary N) is 2. The minimum Gasteiger partial charge on any atom is -0.591 e. The summed E-state index contributed by atoms with van der Waals surface area (Å²) in [7, 11) is 2.02. The van der Waals surface area contributed by atoms with E-state index in [1.54, 1.807) is 0 Å². The number of imidazole rings is 2. The van der Waals surface area contributed by atoms with E-state index in [1.807, 2.05) is 0 Å². The SMILES string of the molecule is C[N+]([O-])(O)c1nc2cn1CCCCCCn1cc(nc1[N+](C)([O-])O)N2C(=N)N=C(N)N. The Bertz CT molecular complexity index is 915. The van der Waals surface area contributed by atoms with E-state index in [0.717, 1.165) is 31.8 Å². The molecule has 3 rings (SSSR count). The summed E-state index contributed by atoms with van der Waals surface area (Å²) in [4.78, 5) is 9.67. The first-order chi connectivity index (χ1) is 14.4. The minimum absolute atomic E-state index is 0.0349. The molecule has 0 radical (unpaired) electrons. The molecular formula is C16H27N11O4. The number of hydrogen-bond acceptors (Lipinski definition) is 7. The number of guanidine groups is 2. The Balaban J connectivity index is 2.23. The van der Waals surface area contributed by atoms with Crippen molar-refractivity contribution in [1.29, 1.82) is 5.41 Å². The third-order valence-corrected chi connectivity index (χ3v) is 4.68. The Morgan fingerprint density at radius 3 is 1.74 bits per heavy atom. The third kappa shape index (κ3) is 4.98. The fraction of sp³-hybridized carbons (Fsp3) is 0.500. The molecule has 4 bridgehead atoms. The van der Waals surface area contributed by atoms with Gasteiger partial charge >= 0.3 is 11.9 Å². The molecule has 2 aromatic heterocycles. The number of aromatic nitrogens is 4. The Labute approximate surface area is 177 Å². The number of nitrogens with one attached hydrogen (secondary N) is 1. The quantitative estimate of drug-likeness (QED) is 0.193. The Kier molecular flexibility index (Phi) is 5.99. The first-order valence-electron chi connectivity index (χ1n) is 9.62. The van der Waals surface area contributed by atoms with Gasteiger partial charge in [-0.1, -0.05) is 12.8 Å². The number of aliphatic imine (C=N–C) groups is 1. The maximum Gasteiger partial charge on any atom is 0.344 e. The second kappa shape index (κ2) is 8.22. The Morgan fingerprint density at radius 1 is 0.968 bits per heavy atom. The second-order valence-electron chi connectivity index (χ2n) is 7.55. The standard InChI is InChI=1S/C16H27N11O4/c1-26(28,29)15-20-11-9-23(15)7-5-3-4-6-8-24-10-12(21-16(24)27(2,30)31)25(11)14(19)22-13(17)18/h9-10,28,30H,3-8H2,1-2H3,(H5,17,18,19,22). The Hall–Kier alpha value is -3.08. The molecule has 1 aliphatic rings. The van der Waals surface area contributed by atoms with Crippen LogP contribution in [0.2, 0.25) is 0 Å². The van der Waals surface area contributed by atoms with Gasteiger partial charge in [0.05, 0.1) is 12.4 Å². The van der Waals surface area contributed by atoms with Crippen LogP contribution in [0.3, 0.4) is 0 Å². The molecule has 2 unspecified atom stereocenters. The Morgan fingerprint density at radius 2 is 1.39 bits per heavy atom. The van der Waals surface area contributed by atoms with Crippen molar-refractivity contribution < 1.29 is 10.4 Å². The average Bonchev–Trinajstić information content (AvgIpc) is 3.22. The van der Waals surface area contributed by atoms with Gasteiger partial charge in [0.2, 0.25) is 5.96 Å². The summed E-state index contributed by atoms with van der Waals surface area (Å²) in [6.07, 6.45) is 6.02. The molecular weight excluding hydrogens is 410 g/mol. The fourth-order valence-electron chi connectivity index (χ4n) is 3.42. The third-order valence-electron chi connectivity index (χ3n) is 4.68. The van der Waals surface area contributed by atoms with Crippen LogP contribution in [-0.4, -0.2) is 55.5 Å². The molecule has 2 aromatic rings. The van der Waals surface area contributed by atoms with Gasteiger partial charge in [0, 0.05) is 13.1 Å². The molecule has 31 heavy (non-hydrogen) atoms. The van der Waals surface area contributed by atoms with Crippen LogP contribution in [0.5, 0.6) is 0 Å². The predicted molar refractivity (Wildman–Crippen MR) is 114 cm³/mol. The fourth-order valence-corrected chi connectivity index (χ4v) is 3.42. The van der Waals surface area contributed by atoms with Crippen LogP contribution in [0.1, 0.15) is 25.7 Å². The van der Waals surface area contributed by atoms with Crippen molar-refractivity contribution in [2.24, 2.45) is 16.5 Å². The number of anilines is 2. The van der Waals surface area contributed by atoms with Crippen LogP contribution < -0.4 is 26.0 Å². The summed E-state index contributed by atoms with van der Waals surface area (Å²) in [6, 6.07) is 0. The van der Waals surface area contributed by atoms with Gasteiger partial charge in [-0.3, -0.25) is 14.5 Å². The van der Waals surface area contributed by atoms with Gasteiger partial charge in [0.15, 0.2) is 17.6 Å². The number of aryl methyl sites for hydroxylation is 2. The highest BCUT2D eigenvalue weighted by molar-refractivity contribution is 6.05. The van der Waals surface area contributed by atoms with E-state index in [9.17, 15) is 20.8 Å². The largest absolute Gasteiger partial charge is 0.591 e. The summed E-state index contributed by atoms with van der Waals surface area (Å²) >= 11 is 0. The van der Waals surface area contributed by atoms with Crippen molar-refractivity contribution in [2.75, 3.05) is 19.0 Å². The van der Waals surface area contributed by atoms with Gasteiger partial charge in [-0.15, -0.1) is 0 Å². The first kappa shape index (κ1) is 22.6. The average molecular weight is 437 g/mol. The molecule has 0 fully saturated rings. The van der Waals surface area contributed by atoms with Crippen molar-refractivity contribution in [1.82, 2.24) is 28.7 Å². The lowest BCUT2D eigenvalue weighted by atomic mass is 10.2. The summed E-state index contributed by atoms with van der Waals surface area (Å²) in [5.74, 6) is -1.23. The van der Waals surface area contributed by atoms with E-state index < -0.39 is 21.5 Å². The molecule has 0 amide bonds. The van der Waals surface area contributed by atoms with Crippen LogP contribution in [-0.2, 0) is 13.1 Å². The molecule has 15 nitrogen and oxygen atoms in total. The van der Waals surface area contributed by atoms with Crippen LogP contribution in [0.25, 0.3) is 0 Å². The van der Waals surface area contributed by atoms with Crippen LogP contribution in [0.15, 0.2) is 17.4 Å². The molecule has 0 aliphatic carbocycles. The molecule has 3 heterocycles. The van der Waals surface area contributed by atoms with E-state index in [0.29, 0.717) is 25.9 Å². The molecule has 2 atom stereocenters. The van der Waals surface area contributed by atoms with Gasteiger partial charge in [-0.2, -0.15) is 24.6 Å². The second-order valence-corrected chi connectivity index (χ2v) is 7.55. The van der Waals surface area contributed by atoms with Crippen molar-refractivity contribution in [3.05, 3.63) is 22.8 Å². The van der Waals surface area contributed by atoms with E-state index in [1.165, 1.54) is 21.5 Å². The molecule has 0 saturated carbocycles. The highest BCUT2D eigenvalue weighted by Crippen LogP contribution is 2.32. The number of hydroxylamine groups is 4. The number of nitrogens with zero attached hydrogens (tertiary/aromatic N) is 8. The molecule has 0 saturated heterocycles. The number of hydrogen-bond donors (Lipinski definition) is 5. The maximum absolute atomic E-state index is 12.3. The molecule has 0 spiro atoms. The van der Waals surface area contributed by atoms with Crippen molar-refractivity contribution in [2.45, 2.75) is 38.8 Å². The van der Waals surface area contributed by atoms with Crippen LogP contribution in [0, 0.1) is 15.8 Å². The summed E-state index contributed by atoms with van der Waals surface area (Å²) in [5.41, 5.74) is 10.8. The van der Waals surface area contributed by atoms with Crippen LogP contribution >= 0.6 is 0 Å². The molecule has 15 heteroatoms. The number of quaternary nitrogens is 2. The molecule has 1 aliphatic heterocycles. The van der Waals surface area contributed by atoms with E-state index >= 15 is 0 Å². The zero-order chi connectivity index (χ0) is 23.0. The molecule has 0 aromatic carbocycles. The van der Waals surface area contributed by atoms with Gasteiger partial charge < -0.3 is 21.9 Å². The smallest absolute Gasteiger partial charge is 0.344 e. The first-order valence-corrected chi connectivity index (χ1v) is 9.62. The monoisotopic (exact) mass is 437 g/mol. The van der Waals surface area contributed by atoms with Gasteiger partial charge in [0.1, 0.15) is 14.1 Å². The van der Waals surface area contributed by atoms with Gasteiger partial charge in [-0.25, -0.2) is 15.3 Å². The number of fused-ring (bicyclic) bond motifs is 4. The normalized spacial score (nSPS) is 18.7. The maximum atomic E-state index is 12.3. The lowest BCUT2D eigenvalue weighted by molar-refractivity contribution is -0.0146. The summed E-state index contributed by atoms with van der Waals surface area (Å²) in [6.45, 7) is 0.845. The van der Waals surface area contributed by atoms with Crippen LogP contribution in [0.4, 0.5) is 23.5 Å². The summed E-state index contributed by atoms with van der Waals surface area (Å²) in [5, 5.41) is 52.8. The predicted octanol–water partition coefficient (Wildman–Crippen LogP) is 0.648. The molecule has 7 N–H and O–H groups in total. The lowest BCUT2D eigenvalue weighted by Crippen LogP contribution is -2.36.